The summed E-state index contributed by atoms with van der Waals surface area (Å²) in [5.74, 6) is 0.0797. The Labute approximate surface area is 120 Å². The zero-order valence-electron chi connectivity index (χ0n) is 10.7. The lowest BCUT2D eigenvalue weighted by Crippen LogP contribution is -2.08. The molecule has 0 spiro atoms. The summed E-state index contributed by atoms with van der Waals surface area (Å²) < 4.78 is 14.5. The number of fused-ring (bicyclic) bond motifs is 1. The molecule has 1 N–H and O–H groups in total. The molecule has 0 fully saturated rings. The Balaban J connectivity index is 1.87. The molecule has 0 radical (unpaired) electrons. The lowest BCUT2D eigenvalue weighted by molar-refractivity contribution is 0.614. The van der Waals surface area contributed by atoms with Crippen LogP contribution >= 0.6 is 11.6 Å². The van der Waals surface area contributed by atoms with Gasteiger partial charge in [-0.3, -0.25) is 0 Å². The van der Waals surface area contributed by atoms with E-state index in [0.29, 0.717) is 16.6 Å². The molecule has 0 aliphatic heterocycles. The van der Waals surface area contributed by atoms with Crippen molar-refractivity contribution in [3.05, 3.63) is 59.0 Å². The minimum absolute atomic E-state index is 0.0500. The molecule has 0 amide bonds. The number of benzene rings is 1. The molecule has 2 heterocycles. The average Bonchev–Trinajstić information content (AvgIpc) is 2.80. The Bertz CT molecular complexity index is 756. The van der Waals surface area contributed by atoms with Crippen LogP contribution in [0.4, 0.5) is 10.3 Å². The maximum Gasteiger partial charge on any atom is 0.243 e. The minimum Gasteiger partial charge on any atom is -0.346 e. The summed E-state index contributed by atoms with van der Waals surface area (Å²) in [6.45, 7) is 1.97. The molecule has 4 nitrogen and oxygen atoms in total. The van der Waals surface area contributed by atoms with Gasteiger partial charge in [-0.15, -0.1) is 5.10 Å². The predicted octanol–water partition coefficient (Wildman–Crippen LogP) is 3.69. The number of halogens is 2. The van der Waals surface area contributed by atoms with E-state index in [-0.39, 0.29) is 11.9 Å². The van der Waals surface area contributed by atoms with E-state index in [4.69, 9.17) is 11.6 Å². The Kier molecular flexibility index (Phi) is 3.28. The van der Waals surface area contributed by atoms with Gasteiger partial charge < -0.3 is 5.32 Å². The molecule has 3 aromatic rings. The fourth-order valence-corrected chi connectivity index (χ4v) is 2.32. The molecule has 0 bridgehead atoms. The molecule has 1 aromatic carbocycles. The van der Waals surface area contributed by atoms with Gasteiger partial charge in [0.1, 0.15) is 5.82 Å². The van der Waals surface area contributed by atoms with Crippen molar-refractivity contribution in [2.24, 2.45) is 0 Å². The fourth-order valence-electron chi connectivity index (χ4n) is 2.02. The Morgan fingerprint density at radius 1 is 1.25 bits per heavy atom. The van der Waals surface area contributed by atoms with Crippen LogP contribution in [0.3, 0.4) is 0 Å². The molecular formula is C14H12ClFN4. The third-order valence-corrected chi connectivity index (χ3v) is 3.36. The summed E-state index contributed by atoms with van der Waals surface area (Å²) in [4.78, 5) is 4.28. The highest BCUT2D eigenvalue weighted by atomic mass is 35.5. The predicted molar refractivity (Wildman–Crippen MR) is 76.4 cm³/mol. The maximum atomic E-state index is 13.1. The summed E-state index contributed by atoms with van der Waals surface area (Å²) in [5.41, 5.74) is 1.54. The van der Waals surface area contributed by atoms with E-state index in [9.17, 15) is 4.39 Å². The second-order valence-corrected chi connectivity index (χ2v) is 4.88. The van der Waals surface area contributed by atoms with Gasteiger partial charge in [0.05, 0.1) is 12.2 Å². The van der Waals surface area contributed by atoms with Crippen LogP contribution in [-0.4, -0.2) is 14.6 Å². The van der Waals surface area contributed by atoms with Crippen molar-refractivity contribution < 1.29 is 4.39 Å². The molecule has 1 atom stereocenters. The van der Waals surface area contributed by atoms with Crippen LogP contribution in [0.2, 0.25) is 5.02 Å². The van der Waals surface area contributed by atoms with Crippen molar-refractivity contribution in [3.8, 4) is 0 Å². The summed E-state index contributed by atoms with van der Waals surface area (Å²) >= 11 is 6.15. The number of pyridine rings is 1. The van der Waals surface area contributed by atoms with Crippen LogP contribution < -0.4 is 5.32 Å². The smallest absolute Gasteiger partial charge is 0.243 e. The topological polar surface area (TPSA) is 42.2 Å². The quantitative estimate of drug-likeness (QED) is 0.800. The maximum absolute atomic E-state index is 13.1. The van der Waals surface area contributed by atoms with Gasteiger partial charge in [0.25, 0.3) is 0 Å². The number of hydrogen-bond acceptors (Lipinski definition) is 3. The first-order chi connectivity index (χ1) is 9.63. The molecule has 6 heteroatoms. The summed E-state index contributed by atoms with van der Waals surface area (Å²) in [7, 11) is 0. The van der Waals surface area contributed by atoms with E-state index in [1.165, 1.54) is 16.8 Å². The lowest BCUT2D eigenvalue weighted by Gasteiger charge is -2.13. The molecule has 0 saturated carbocycles. The summed E-state index contributed by atoms with van der Waals surface area (Å²) in [6, 6.07) is 10.5. The van der Waals surface area contributed by atoms with E-state index < -0.39 is 0 Å². The molecular weight excluding hydrogens is 279 g/mol. The van der Waals surface area contributed by atoms with Gasteiger partial charge in [-0.05, 0) is 30.7 Å². The first-order valence-corrected chi connectivity index (χ1v) is 6.54. The average molecular weight is 291 g/mol. The number of nitrogens with one attached hydrogen (secondary N) is 1. The molecule has 2 aromatic heterocycles. The molecule has 3 rings (SSSR count). The zero-order valence-corrected chi connectivity index (χ0v) is 11.5. The highest BCUT2D eigenvalue weighted by Crippen LogP contribution is 2.24. The van der Waals surface area contributed by atoms with Crippen LogP contribution in [0.25, 0.3) is 5.65 Å². The van der Waals surface area contributed by atoms with Gasteiger partial charge in [-0.25, -0.2) is 8.91 Å². The number of anilines is 1. The van der Waals surface area contributed by atoms with Crippen LogP contribution in [0.5, 0.6) is 0 Å². The van der Waals surface area contributed by atoms with Gasteiger partial charge in [0, 0.05) is 5.02 Å². The Morgan fingerprint density at radius 3 is 2.85 bits per heavy atom. The van der Waals surface area contributed by atoms with E-state index in [1.807, 2.05) is 31.2 Å². The largest absolute Gasteiger partial charge is 0.346 e. The molecule has 0 saturated heterocycles. The Morgan fingerprint density at radius 2 is 2.05 bits per heavy atom. The summed E-state index contributed by atoms with van der Waals surface area (Å²) in [5, 5.41) is 8.02. The van der Waals surface area contributed by atoms with Gasteiger partial charge in [0.2, 0.25) is 5.95 Å². The highest BCUT2D eigenvalue weighted by Gasteiger charge is 2.12. The third-order valence-electron chi connectivity index (χ3n) is 3.01. The SMILES string of the molecule is CC(Nc1nc2ccc(F)cn2n1)c1ccccc1Cl. The summed E-state index contributed by atoms with van der Waals surface area (Å²) in [6.07, 6.45) is 1.29. The van der Waals surface area contributed by atoms with Crippen LogP contribution in [0.1, 0.15) is 18.5 Å². The van der Waals surface area contributed by atoms with E-state index >= 15 is 0 Å². The normalized spacial score (nSPS) is 12.6. The van der Waals surface area contributed by atoms with E-state index in [0.717, 1.165) is 5.56 Å². The van der Waals surface area contributed by atoms with Gasteiger partial charge in [-0.1, -0.05) is 29.8 Å². The monoisotopic (exact) mass is 290 g/mol. The first-order valence-electron chi connectivity index (χ1n) is 6.16. The highest BCUT2D eigenvalue weighted by molar-refractivity contribution is 6.31. The molecule has 20 heavy (non-hydrogen) atoms. The van der Waals surface area contributed by atoms with Crippen molar-refractivity contribution >= 4 is 23.2 Å². The molecule has 1 unspecified atom stereocenters. The molecule has 0 aliphatic rings. The van der Waals surface area contributed by atoms with E-state index in [2.05, 4.69) is 15.4 Å². The van der Waals surface area contributed by atoms with Gasteiger partial charge in [0.15, 0.2) is 5.65 Å². The van der Waals surface area contributed by atoms with Crippen molar-refractivity contribution in [3.63, 3.8) is 0 Å². The number of nitrogens with zero attached hydrogens (tertiary/aromatic N) is 3. The Hall–Kier alpha value is -2.14. The van der Waals surface area contributed by atoms with E-state index in [1.54, 1.807) is 6.07 Å². The number of rotatable bonds is 3. The van der Waals surface area contributed by atoms with Crippen molar-refractivity contribution in [1.29, 1.82) is 0 Å². The molecule has 102 valence electrons. The first kappa shape index (κ1) is 12.9. The standard InChI is InChI=1S/C14H12ClFN4/c1-9(11-4-2-3-5-12(11)15)17-14-18-13-7-6-10(16)8-20(13)19-14/h2-9H,1H3,(H,17,19). The second-order valence-electron chi connectivity index (χ2n) is 4.47. The number of hydrogen-bond donors (Lipinski definition) is 1. The lowest BCUT2D eigenvalue weighted by atomic mass is 10.1. The third kappa shape index (κ3) is 2.44. The van der Waals surface area contributed by atoms with Crippen LogP contribution in [0.15, 0.2) is 42.6 Å². The second kappa shape index (κ2) is 5.09. The van der Waals surface area contributed by atoms with Crippen molar-refractivity contribution in [1.82, 2.24) is 14.6 Å². The van der Waals surface area contributed by atoms with Crippen molar-refractivity contribution in [2.45, 2.75) is 13.0 Å². The van der Waals surface area contributed by atoms with Crippen molar-refractivity contribution in [2.75, 3.05) is 5.32 Å². The minimum atomic E-state index is -0.354. The van der Waals surface area contributed by atoms with Gasteiger partial charge in [-0.2, -0.15) is 4.98 Å². The fraction of sp³-hybridized carbons (Fsp3) is 0.143. The van der Waals surface area contributed by atoms with Crippen LogP contribution in [0, 0.1) is 5.82 Å². The zero-order chi connectivity index (χ0) is 14.1. The van der Waals surface area contributed by atoms with Crippen LogP contribution in [-0.2, 0) is 0 Å². The van der Waals surface area contributed by atoms with Gasteiger partial charge >= 0.3 is 0 Å². The molecule has 0 aliphatic carbocycles. The number of aromatic nitrogens is 3.